The van der Waals surface area contributed by atoms with Crippen LogP contribution in [0, 0.1) is 6.92 Å². The maximum atomic E-state index is 10.5. The van der Waals surface area contributed by atoms with Crippen molar-refractivity contribution in [2.45, 2.75) is 0 Å². The molecule has 3 heteroatoms. The normalized spacial score (nSPS) is 8.22. The first-order valence-corrected chi connectivity index (χ1v) is 5.08. The van der Waals surface area contributed by atoms with Gasteiger partial charge in [-0.05, 0) is 0 Å². The Bertz CT molecular complexity index is 466. The van der Waals surface area contributed by atoms with E-state index in [0.717, 1.165) is 0 Å². The molecule has 2 aromatic rings. The first kappa shape index (κ1) is 16.8. The van der Waals surface area contributed by atoms with Gasteiger partial charge in [0.2, 0.25) is 0 Å². The second-order valence-electron chi connectivity index (χ2n) is 3.26. The molecular weight excluding hydrogens is 301 g/mol. The maximum absolute atomic E-state index is 10.5. The van der Waals surface area contributed by atoms with E-state index in [9.17, 15) is 9.59 Å². The number of hydrogen-bond acceptors (Lipinski definition) is 2. The van der Waals surface area contributed by atoms with Gasteiger partial charge in [-0.3, -0.25) is 0 Å². The van der Waals surface area contributed by atoms with Crippen LogP contribution in [-0.4, -0.2) is 12.1 Å². The number of ketones is 1. The Hall–Kier alpha value is -1.25. The number of rotatable bonds is 2. The molecule has 0 unspecified atom stereocenters. The summed E-state index contributed by atoms with van der Waals surface area (Å²) in [6, 6.07) is 17.9. The summed E-state index contributed by atoms with van der Waals surface area (Å²) in [5.41, 5.74) is 1.27. The van der Waals surface area contributed by atoms with E-state index in [2.05, 4.69) is 6.92 Å². The zero-order valence-corrected chi connectivity index (χ0v) is 12.7. The summed E-state index contributed by atoms with van der Waals surface area (Å²) in [7, 11) is 0. The van der Waals surface area contributed by atoms with Crippen LogP contribution in [0.2, 0.25) is 0 Å². The predicted molar refractivity (Wildman–Crippen MR) is 67.4 cm³/mol. The molecule has 0 aliphatic rings. The van der Waals surface area contributed by atoms with Crippen LogP contribution < -0.4 is 0 Å². The molecule has 0 aliphatic carbocycles. The molecular formula is C15H12O2Y-2. The molecule has 0 saturated heterocycles. The zero-order chi connectivity index (χ0) is 12.5. The minimum atomic E-state index is -0.129. The Morgan fingerprint density at radius 1 is 0.889 bits per heavy atom. The van der Waals surface area contributed by atoms with Gasteiger partial charge >= 0.3 is 0 Å². The van der Waals surface area contributed by atoms with Gasteiger partial charge in [-0.25, -0.2) is 0 Å². The number of carbonyl (C=O) groups excluding carboxylic acids is 2. The fourth-order valence-electron chi connectivity index (χ4n) is 1.13. The fourth-order valence-corrected chi connectivity index (χ4v) is 1.13. The van der Waals surface area contributed by atoms with Gasteiger partial charge in [-0.1, -0.05) is 24.3 Å². The van der Waals surface area contributed by atoms with Crippen molar-refractivity contribution >= 4 is 12.1 Å². The Morgan fingerprint density at radius 3 is 1.61 bits per heavy atom. The predicted octanol–water partition coefficient (Wildman–Crippen LogP) is 2.85. The molecule has 0 bridgehead atoms. The van der Waals surface area contributed by atoms with Gasteiger partial charge in [0, 0.05) is 38.5 Å². The monoisotopic (exact) mass is 313 g/mol. The van der Waals surface area contributed by atoms with Crippen molar-refractivity contribution in [3.05, 3.63) is 78.7 Å². The molecule has 89 valence electrons. The van der Waals surface area contributed by atoms with Crippen molar-refractivity contribution in [2.75, 3.05) is 0 Å². The van der Waals surface area contributed by atoms with Gasteiger partial charge in [0.05, 0.1) is 6.29 Å². The van der Waals surface area contributed by atoms with Crippen LogP contribution in [0.25, 0.3) is 0 Å². The molecule has 0 N–H and O–H groups in total. The van der Waals surface area contributed by atoms with Crippen molar-refractivity contribution in [1.29, 1.82) is 0 Å². The summed E-state index contributed by atoms with van der Waals surface area (Å²) >= 11 is 0. The van der Waals surface area contributed by atoms with Crippen molar-refractivity contribution in [2.24, 2.45) is 0 Å². The van der Waals surface area contributed by atoms with Gasteiger partial charge in [-0.15, -0.1) is 29.8 Å². The summed E-state index contributed by atoms with van der Waals surface area (Å²) < 4.78 is 0. The van der Waals surface area contributed by atoms with Crippen molar-refractivity contribution in [3.63, 3.8) is 0 Å². The molecule has 0 aromatic heterocycles. The number of Topliss-reactive ketones (excluding diaryl/α,β-unsaturated/α-hetero) is 1. The average Bonchev–Trinajstić information content (AvgIpc) is 2.41. The SMILES string of the molecule is O=[C-]c1ccccc1.[CH2-]C(=O)c1ccccc1.[Y]. The van der Waals surface area contributed by atoms with E-state index in [1.54, 1.807) is 42.7 Å². The van der Waals surface area contributed by atoms with E-state index in [1.807, 2.05) is 24.3 Å². The molecule has 0 saturated carbocycles. The first-order valence-electron chi connectivity index (χ1n) is 5.08. The Morgan fingerprint density at radius 2 is 1.33 bits per heavy atom. The smallest absolute Gasteiger partial charge is 0.0627 e. The molecule has 0 amide bonds. The molecule has 0 fully saturated rings. The van der Waals surface area contributed by atoms with Crippen molar-refractivity contribution < 1.29 is 42.3 Å². The van der Waals surface area contributed by atoms with E-state index in [0.29, 0.717) is 11.1 Å². The van der Waals surface area contributed by atoms with E-state index >= 15 is 0 Å². The largest absolute Gasteiger partial charge is 0.376 e. The summed E-state index contributed by atoms with van der Waals surface area (Å²) in [6.45, 7) is 3.27. The standard InChI is InChI=1S/C8H7O.C7H5O.Y/c1-7(9)8-5-3-2-4-6-8;8-6-7-4-2-1-3-5-7;/h2-6H,1H2;1-5H;/q2*-1;. The van der Waals surface area contributed by atoms with Crippen LogP contribution in [0.15, 0.2) is 60.7 Å². The van der Waals surface area contributed by atoms with E-state index in [-0.39, 0.29) is 38.5 Å². The van der Waals surface area contributed by atoms with Crippen LogP contribution >= 0.6 is 0 Å². The van der Waals surface area contributed by atoms with Crippen molar-refractivity contribution in [1.82, 2.24) is 0 Å². The summed E-state index contributed by atoms with van der Waals surface area (Å²) in [4.78, 5) is 20.4. The fraction of sp³-hybridized carbons (Fsp3) is 0. The Kier molecular flexibility index (Phi) is 9.08. The zero-order valence-electron chi connectivity index (χ0n) is 9.87. The average molecular weight is 313 g/mol. The second kappa shape index (κ2) is 9.75. The third kappa shape index (κ3) is 6.48. The van der Waals surface area contributed by atoms with Crippen LogP contribution in [0.1, 0.15) is 15.9 Å². The molecule has 0 heterocycles. The van der Waals surface area contributed by atoms with Crippen LogP contribution in [0.5, 0.6) is 0 Å². The third-order valence-electron chi connectivity index (χ3n) is 1.99. The second-order valence-corrected chi connectivity index (χ2v) is 3.26. The molecule has 1 radical (unpaired) electrons. The van der Waals surface area contributed by atoms with Gasteiger partial charge in [0.1, 0.15) is 0 Å². The molecule has 2 rings (SSSR count). The molecule has 2 aromatic carbocycles. The summed E-state index contributed by atoms with van der Waals surface area (Å²) in [5.74, 6) is -0.129. The minimum Gasteiger partial charge on any atom is -0.376 e. The third-order valence-corrected chi connectivity index (χ3v) is 1.99. The number of hydrogen-bond donors (Lipinski definition) is 0. The molecule has 0 aliphatic heterocycles. The topological polar surface area (TPSA) is 34.1 Å². The number of carbonyl (C=O) groups is 1. The first-order chi connectivity index (χ1) is 8.24. The van der Waals surface area contributed by atoms with Gasteiger partial charge < -0.3 is 9.59 Å². The molecule has 0 spiro atoms. The van der Waals surface area contributed by atoms with E-state index < -0.39 is 0 Å². The van der Waals surface area contributed by atoms with E-state index in [1.165, 1.54) is 0 Å². The Labute approximate surface area is 132 Å². The van der Waals surface area contributed by atoms with Gasteiger partial charge in [0.25, 0.3) is 0 Å². The van der Waals surface area contributed by atoms with Gasteiger partial charge in [-0.2, -0.15) is 24.6 Å². The van der Waals surface area contributed by atoms with Crippen LogP contribution in [0.4, 0.5) is 0 Å². The van der Waals surface area contributed by atoms with Crippen molar-refractivity contribution in [3.8, 4) is 0 Å². The summed E-state index contributed by atoms with van der Waals surface area (Å²) in [5, 5.41) is 0. The molecule has 2 nitrogen and oxygen atoms in total. The van der Waals surface area contributed by atoms with E-state index in [4.69, 9.17) is 0 Å². The number of benzene rings is 2. The maximum Gasteiger partial charge on any atom is 0.0627 e. The van der Waals surface area contributed by atoms with Crippen LogP contribution in [-0.2, 0) is 37.5 Å². The molecule has 0 atom stereocenters. The quantitative estimate of drug-likeness (QED) is 0.631. The minimum absolute atomic E-state index is 0. The molecule has 18 heavy (non-hydrogen) atoms. The Balaban J connectivity index is 0.000000306. The van der Waals surface area contributed by atoms with Crippen LogP contribution in [0.3, 0.4) is 0 Å². The van der Waals surface area contributed by atoms with Gasteiger partial charge in [0.15, 0.2) is 0 Å². The summed E-state index contributed by atoms with van der Waals surface area (Å²) in [6.07, 6.45) is 1.78.